The van der Waals surface area contributed by atoms with E-state index in [9.17, 15) is 9.90 Å². The van der Waals surface area contributed by atoms with Crippen molar-refractivity contribution in [1.82, 2.24) is 5.32 Å². The third-order valence-electron chi connectivity index (χ3n) is 2.81. The molecule has 0 bridgehead atoms. The standard InChI is InChI=1S/C14H14BrNO2S/c1-2-11(13-4-3-7-19-13)16-14(18)9-5-6-10(15)12(17)8-9/h3-8,11,17H,2H2,1H3,(H,16,18). The van der Waals surface area contributed by atoms with E-state index < -0.39 is 0 Å². The highest BCUT2D eigenvalue weighted by Crippen LogP contribution is 2.26. The number of nitrogens with one attached hydrogen (secondary N) is 1. The maximum absolute atomic E-state index is 12.1. The van der Waals surface area contributed by atoms with Crippen LogP contribution in [0.2, 0.25) is 0 Å². The van der Waals surface area contributed by atoms with Gasteiger partial charge in [-0.3, -0.25) is 4.79 Å². The number of hydrogen-bond donors (Lipinski definition) is 2. The van der Waals surface area contributed by atoms with E-state index in [-0.39, 0.29) is 17.7 Å². The number of carbonyl (C=O) groups is 1. The number of amides is 1. The maximum atomic E-state index is 12.1. The molecule has 1 heterocycles. The van der Waals surface area contributed by atoms with Crippen LogP contribution in [0.15, 0.2) is 40.2 Å². The lowest BCUT2D eigenvalue weighted by Crippen LogP contribution is -2.27. The van der Waals surface area contributed by atoms with Gasteiger partial charge in [-0.25, -0.2) is 0 Å². The lowest BCUT2D eigenvalue weighted by atomic mass is 10.1. The second kappa shape index (κ2) is 6.21. The summed E-state index contributed by atoms with van der Waals surface area (Å²) in [6.07, 6.45) is 0.828. The van der Waals surface area contributed by atoms with E-state index in [2.05, 4.69) is 21.2 Å². The molecule has 0 aliphatic carbocycles. The van der Waals surface area contributed by atoms with Crippen molar-refractivity contribution < 1.29 is 9.90 Å². The molecule has 19 heavy (non-hydrogen) atoms. The zero-order valence-electron chi connectivity index (χ0n) is 10.4. The van der Waals surface area contributed by atoms with Crippen LogP contribution in [0, 0.1) is 0 Å². The van der Waals surface area contributed by atoms with Crippen LogP contribution in [0.1, 0.15) is 34.6 Å². The molecule has 0 aliphatic heterocycles. The van der Waals surface area contributed by atoms with E-state index in [1.165, 1.54) is 6.07 Å². The Hall–Kier alpha value is -1.33. The largest absolute Gasteiger partial charge is 0.507 e. The minimum absolute atomic E-state index is 0.0123. The summed E-state index contributed by atoms with van der Waals surface area (Å²) >= 11 is 4.82. The quantitative estimate of drug-likeness (QED) is 0.880. The van der Waals surface area contributed by atoms with Crippen molar-refractivity contribution in [2.24, 2.45) is 0 Å². The van der Waals surface area contributed by atoms with Gasteiger partial charge in [0, 0.05) is 10.4 Å². The molecule has 0 saturated carbocycles. The molecule has 1 atom stereocenters. The van der Waals surface area contributed by atoms with Gasteiger partial charge in [-0.15, -0.1) is 11.3 Å². The van der Waals surface area contributed by atoms with Gasteiger partial charge in [0.05, 0.1) is 10.5 Å². The second-order valence-corrected chi connectivity index (χ2v) is 5.95. The second-order valence-electron chi connectivity index (χ2n) is 4.12. The molecule has 1 aromatic carbocycles. The number of thiophene rings is 1. The number of hydrogen-bond acceptors (Lipinski definition) is 3. The average Bonchev–Trinajstić information content (AvgIpc) is 2.92. The highest BCUT2D eigenvalue weighted by molar-refractivity contribution is 9.10. The Morgan fingerprint density at radius 2 is 2.26 bits per heavy atom. The van der Waals surface area contributed by atoms with Crippen molar-refractivity contribution in [2.45, 2.75) is 19.4 Å². The molecule has 1 aromatic heterocycles. The molecule has 0 fully saturated rings. The first-order chi connectivity index (χ1) is 9.11. The summed E-state index contributed by atoms with van der Waals surface area (Å²) in [5, 5.41) is 14.6. The molecule has 0 aliphatic rings. The number of carbonyl (C=O) groups excluding carboxylic acids is 1. The minimum Gasteiger partial charge on any atom is -0.507 e. The topological polar surface area (TPSA) is 49.3 Å². The lowest BCUT2D eigenvalue weighted by molar-refractivity contribution is 0.0936. The van der Waals surface area contributed by atoms with Crippen LogP contribution in [0.3, 0.4) is 0 Å². The van der Waals surface area contributed by atoms with Gasteiger partial charge in [-0.05, 0) is 52.0 Å². The van der Waals surface area contributed by atoms with Gasteiger partial charge in [0.25, 0.3) is 5.91 Å². The zero-order chi connectivity index (χ0) is 13.8. The van der Waals surface area contributed by atoms with Gasteiger partial charge in [0.1, 0.15) is 5.75 Å². The van der Waals surface area contributed by atoms with Gasteiger partial charge < -0.3 is 10.4 Å². The van der Waals surface area contributed by atoms with E-state index in [1.807, 2.05) is 24.4 Å². The highest BCUT2D eigenvalue weighted by Gasteiger charge is 2.15. The number of benzene rings is 1. The SMILES string of the molecule is CCC(NC(=O)c1ccc(Br)c(O)c1)c1cccs1. The van der Waals surface area contributed by atoms with Crippen LogP contribution in [0.25, 0.3) is 0 Å². The molecule has 0 radical (unpaired) electrons. The normalized spacial score (nSPS) is 12.1. The van der Waals surface area contributed by atoms with Crippen molar-refractivity contribution in [3.63, 3.8) is 0 Å². The Morgan fingerprint density at radius 1 is 1.47 bits per heavy atom. The van der Waals surface area contributed by atoms with E-state index in [0.717, 1.165) is 11.3 Å². The Balaban J connectivity index is 2.13. The number of halogens is 1. The third kappa shape index (κ3) is 3.36. The van der Waals surface area contributed by atoms with Gasteiger partial charge in [-0.1, -0.05) is 13.0 Å². The minimum atomic E-state index is -0.178. The van der Waals surface area contributed by atoms with Crippen LogP contribution in [-0.4, -0.2) is 11.0 Å². The summed E-state index contributed by atoms with van der Waals surface area (Å²) in [4.78, 5) is 13.3. The van der Waals surface area contributed by atoms with E-state index >= 15 is 0 Å². The smallest absolute Gasteiger partial charge is 0.251 e. The van der Waals surface area contributed by atoms with E-state index in [0.29, 0.717) is 10.0 Å². The summed E-state index contributed by atoms with van der Waals surface area (Å²) in [7, 11) is 0. The number of phenols is 1. The van der Waals surface area contributed by atoms with E-state index in [4.69, 9.17) is 0 Å². The molecule has 1 unspecified atom stereocenters. The summed E-state index contributed by atoms with van der Waals surface area (Å²) in [6, 6.07) is 8.80. The van der Waals surface area contributed by atoms with Gasteiger partial charge in [-0.2, -0.15) is 0 Å². The summed E-state index contributed by atoms with van der Waals surface area (Å²) in [6.45, 7) is 2.03. The fourth-order valence-electron chi connectivity index (χ4n) is 1.76. The van der Waals surface area contributed by atoms with Crippen LogP contribution in [0.4, 0.5) is 0 Å². The Kier molecular flexibility index (Phi) is 4.61. The molecule has 3 nitrogen and oxygen atoms in total. The molecule has 2 rings (SSSR count). The lowest BCUT2D eigenvalue weighted by Gasteiger charge is -2.15. The molecule has 2 aromatic rings. The Bertz CT molecular complexity index is 569. The summed E-state index contributed by atoms with van der Waals surface area (Å²) in [5.74, 6) is -0.111. The first kappa shape index (κ1) is 14.1. The van der Waals surface area contributed by atoms with Crippen molar-refractivity contribution in [2.75, 3.05) is 0 Å². The average molecular weight is 340 g/mol. The molecule has 2 N–H and O–H groups in total. The monoisotopic (exact) mass is 339 g/mol. The van der Waals surface area contributed by atoms with Crippen LogP contribution >= 0.6 is 27.3 Å². The molecular formula is C14H14BrNO2S. The fourth-order valence-corrected chi connectivity index (χ4v) is 2.87. The fraction of sp³-hybridized carbons (Fsp3) is 0.214. The van der Waals surface area contributed by atoms with Crippen LogP contribution in [-0.2, 0) is 0 Å². The van der Waals surface area contributed by atoms with Crippen molar-refractivity contribution in [1.29, 1.82) is 0 Å². The number of aromatic hydroxyl groups is 1. The predicted octanol–water partition coefficient (Wildman–Crippen LogP) is 4.10. The molecule has 1 amide bonds. The first-order valence-electron chi connectivity index (χ1n) is 5.94. The van der Waals surface area contributed by atoms with Crippen molar-refractivity contribution >= 4 is 33.2 Å². The summed E-state index contributed by atoms with van der Waals surface area (Å²) < 4.78 is 0.578. The number of phenolic OH excluding ortho intramolecular Hbond substituents is 1. The highest BCUT2D eigenvalue weighted by atomic mass is 79.9. The first-order valence-corrected chi connectivity index (χ1v) is 7.62. The van der Waals surface area contributed by atoms with Crippen LogP contribution < -0.4 is 5.32 Å². The van der Waals surface area contributed by atoms with Crippen LogP contribution in [0.5, 0.6) is 5.75 Å². The summed E-state index contributed by atoms with van der Waals surface area (Å²) in [5.41, 5.74) is 0.454. The van der Waals surface area contributed by atoms with E-state index in [1.54, 1.807) is 23.5 Å². The van der Waals surface area contributed by atoms with Gasteiger partial charge in [0.15, 0.2) is 0 Å². The maximum Gasteiger partial charge on any atom is 0.251 e. The zero-order valence-corrected chi connectivity index (χ0v) is 12.8. The Morgan fingerprint density at radius 3 is 2.84 bits per heavy atom. The predicted molar refractivity (Wildman–Crippen MR) is 80.6 cm³/mol. The molecule has 100 valence electrons. The number of rotatable bonds is 4. The van der Waals surface area contributed by atoms with Crippen molar-refractivity contribution in [3.8, 4) is 5.75 Å². The van der Waals surface area contributed by atoms with Crippen molar-refractivity contribution in [3.05, 3.63) is 50.6 Å². The molecule has 5 heteroatoms. The molecular weight excluding hydrogens is 326 g/mol. The van der Waals surface area contributed by atoms with Gasteiger partial charge >= 0.3 is 0 Å². The van der Waals surface area contributed by atoms with Gasteiger partial charge in [0.2, 0.25) is 0 Å². The molecule has 0 spiro atoms. The molecule has 0 saturated heterocycles. The third-order valence-corrected chi connectivity index (χ3v) is 4.47. The Labute approximate surface area is 124 Å².